The molecule has 88 valence electrons. The van der Waals surface area contributed by atoms with Crippen LogP contribution >= 0.6 is 0 Å². The molecule has 0 saturated heterocycles. The summed E-state index contributed by atoms with van der Waals surface area (Å²) in [7, 11) is 0. The van der Waals surface area contributed by atoms with Crippen LogP contribution in [0.25, 0.3) is 0 Å². The SMILES string of the molecule is CCC[C@@H](N)C(=O)NC(C)C(=O)OCC. The third-order valence-corrected chi connectivity index (χ3v) is 1.94. The van der Waals surface area contributed by atoms with E-state index in [1.165, 1.54) is 0 Å². The molecule has 5 nitrogen and oxygen atoms in total. The average molecular weight is 216 g/mol. The van der Waals surface area contributed by atoms with Crippen LogP contribution in [0, 0.1) is 0 Å². The molecule has 2 atom stereocenters. The molecule has 0 saturated carbocycles. The molecule has 0 aliphatic rings. The highest BCUT2D eigenvalue weighted by Crippen LogP contribution is 1.95. The van der Waals surface area contributed by atoms with Gasteiger partial charge in [-0.2, -0.15) is 0 Å². The van der Waals surface area contributed by atoms with Crippen LogP contribution in [0.5, 0.6) is 0 Å². The van der Waals surface area contributed by atoms with Crippen LogP contribution in [0.4, 0.5) is 0 Å². The number of hydrogen-bond acceptors (Lipinski definition) is 4. The second-order valence-electron chi connectivity index (χ2n) is 3.38. The average Bonchev–Trinajstić information content (AvgIpc) is 2.18. The van der Waals surface area contributed by atoms with E-state index in [1.54, 1.807) is 13.8 Å². The van der Waals surface area contributed by atoms with Crippen LogP contribution in [0.15, 0.2) is 0 Å². The molecule has 0 heterocycles. The molecule has 0 aliphatic heterocycles. The molecule has 0 radical (unpaired) electrons. The van der Waals surface area contributed by atoms with E-state index in [9.17, 15) is 9.59 Å². The Morgan fingerprint density at radius 2 is 2.00 bits per heavy atom. The second-order valence-corrected chi connectivity index (χ2v) is 3.38. The lowest BCUT2D eigenvalue weighted by molar-refractivity contribution is -0.147. The first-order valence-electron chi connectivity index (χ1n) is 5.25. The molecule has 0 aromatic rings. The van der Waals surface area contributed by atoms with Crippen LogP contribution < -0.4 is 11.1 Å². The van der Waals surface area contributed by atoms with Gasteiger partial charge in [0, 0.05) is 0 Å². The number of amides is 1. The molecular formula is C10H20N2O3. The third-order valence-electron chi connectivity index (χ3n) is 1.94. The van der Waals surface area contributed by atoms with E-state index in [-0.39, 0.29) is 5.91 Å². The van der Waals surface area contributed by atoms with Gasteiger partial charge in [-0.15, -0.1) is 0 Å². The van der Waals surface area contributed by atoms with Crippen molar-refractivity contribution in [2.75, 3.05) is 6.61 Å². The van der Waals surface area contributed by atoms with Crippen molar-refractivity contribution in [3.63, 3.8) is 0 Å². The Balaban J connectivity index is 4.00. The number of nitrogens with one attached hydrogen (secondary N) is 1. The fourth-order valence-corrected chi connectivity index (χ4v) is 1.09. The number of esters is 1. The van der Waals surface area contributed by atoms with Gasteiger partial charge in [0.05, 0.1) is 12.6 Å². The number of carbonyl (C=O) groups is 2. The Bertz CT molecular complexity index is 219. The molecule has 1 unspecified atom stereocenters. The summed E-state index contributed by atoms with van der Waals surface area (Å²) in [4.78, 5) is 22.6. The van der Waals surface area contributed by atoms with Crippen molar-refractivity contribution in [2.45, 2.75) is 45.7 Å². The maximum absolute atomic E-state index is 11.4. The van der Waals surface area contributed by atoms with Crippen LogP contribution in [0.2, 0.25) is 0 Å². The van der Waals surface area contributed by atoms with Crippen LogP contribution in [-0.4, -0.2) is 30.6 Å². The summed E-state index contributed by atoms with van der Waals surface area (Å²) in [5.41, 5.74) is 5.59. The summed E-state index contributed by atoms with van der Waals surface area (Å²) in [5.74, 6) is -0.744. The lowest BCUT2D eigenvalue weighted by Crippen LogP contribution is -2.47. The zero-order valence-corrected chi connectivity index (χ0v) is 9.58. The Labute approximate surface area is 90.4 Å². The van der Waals surface area contributed by atoms with Crippen molar-refractivity contribution in [2.24, 2.45) is 5.73 Å². The highest BCUT2D eigenvalue weighted by Gasteiger charge is 2.19. The monoisotopic (exact) mass is 216 g/mol. The van der Waals surface area contributed by atoms with Gasteiger partial charge in [-0.25, -0.2) is 4.79 Å². The topological polar surface area (TPSA) is 81.4 Å². The molecule has 0 aromatic carbocycles. The Morgan fingerprint density at radius 3 is 2.47 bits per heavy atom. The number of rotatable bonds is 6. The van der Waals surface area contributed by atoms with Crippen molar-refractivity contribution in [1.82, 2.24) is 5.32 Å². The molecule has 0 spiro atoms. The van der Waals surface area contributed by atoms with Crippen LogP contribution in [0.3, 0.4) is 0 Å². The molecule has 15 heavy (non-hydrogen) atoms. The normalized spacial score (nSPS) is 14.1. The van der Waals surface area contributed by atoms with Crippen molar-refractivity contribution < 1.29 is 14.3 Å². The summed E-state index contributed by atoms with van der Waals surface area (Å²) in [6.07, 6.45) is 1.45. The summed E-state index contributed by atoms with van der Waals surface area (Å²) >= 11 is 0. The van der Waals surface area contributed by atoms with Gasteiger partial charge in [-0.3, -0.25) is 4.79 Å². The van der Waals surface area contributed by atoms with E-state index in [1.807, 2.05) is 6.92 Å². The molecule has 0 aliphatic carbocycles. The number of hydrogen-bond donors (Lipinski definition) is 2. The maximum atomic E-state index is 11.4. The first kappa shape index (κ1) is 13.9. The van der Waals surface area contributed by atoms with Gasteiger partial charge in [0.15, 0.2) is 0 Å². The molecule has 0 bridgehead atoms. The molecule has 0 fully saturated rings. The number of nitrogens with two attached hydrogens (primary N) is 1. The zero-order valence-electron chi connectivity index (χ0n) is 9.58. The lowest BCUT2D eigenvalue weighted by atomic mass is 10.1. The Kier molecular flexibility index (Phi) is 6.70. The first-order chi connectivity index (χ1) is 7.02. The first-order valence-corrected chi connectivity index (χ1v) is 5.25. The predicted molar refractivity (Wildman–Crippen MR) is 57.1 cm³/mol. The summed E-state index contributed by atoms with van der Waals surface area (Å²) < 4.78 is 4.75. The van der Waals surface area contributed by atoms with Gasteiger partial charge < -0.3 is 15.8 Å². The number of carbonyl (C=O) groups excluding carboxylic acids is 2. The minimum absolute atomic E-state index is 0.306. The smallest absolute Gasteiger partial charge is 0.328 e. The van der Waals surface area contributed by atoms with Gasteiger partial charge in [0.25, 0.3) is 0 Å². The highest BCUT2D eigenvalue weighted by atomic mass is 16.5. The third kappa shape index (κ3) is 5.37. The quantitative estimate of drug-likeness (QED) is 0.621. The van der Waals surface area contributed by atoms with Crippen molar-refractivity contribution in [3.05, 3.63) is 0 Å². The van der Waals surface area contributed by atoms with Gasteiger partial charge >= 0.3 is 5.97 Å². The fourth-order valence-electron chi connectivity index (χ4n) is 1.09. The van der Waals surface area contributed by atoms with Crippen molar-refractivity contribution in [3.8, 4) is 0 Å². The zero-order chi connectivity index (χ0) is 11.8. The number of ether oxygens (including phenoxy) is 1. The largest absolute Gasteiger partial charge is 0.464 e. The van der Waals surface area contributed by atoms with E-state index < -0.39 is 18.1 Å². The molecule has 5 heteroatoms. The van der Waals surface area contributed by atoms with E-state index in [0.29, 0.717) is 13.0 Å². The summed E-state index contributed by atoms with van der Waals surface area (Å²) in [6.45, 7) is 5.55. The van der Waals surface area contributed by atoms with Gasteiger partial charge in [-0.1, -0.05) is 13.3 Å². The fraction of sp³-hybridized carbons (Fsp3) is 0.800. The van der Waals surface area contributed by atoms with Crippen molar-refractivity contribution >= 4 is 11.9 Å². The second kappa shape index (κ2) is 7.23. The Hall–Kier alpha value is -1.10. The minimum Gasteiger partial charge on any atom is -0.464 e. The molecule has 3 N–H and O–H groups in total. The van der Waals surface area contributed by atoms with E-state index >= 15 is 0 Å². The molecular weight excluding hydrogens is 196 g/mol. The molecule has 0 rings (SSSR count). The Morgan fingerprint density at radius 1 is 1.40 bits per heavy atom. The van der Waals surface area contributed by atoms with Crippen molar-refractivity contribution in [1.29, 1.82) is 0 Å². The lowest BCUT2D eigenvalue weighted by Gasteiger charge is -2.15. The van der Waals surface area contributed by atoms with E-state index in [4.69, 9.17) is 10.5 Å². The predicted octanol–water partition coefficient (Wildman–Crippen LogP) is 0.182. The van der Waals surface area contributed by atoms with Gasteiger partial charge in [0.2, 0.25) is 5.91 Å². The van der Waals surface area contributed by atoms with Gasteiger partial charge in [-0.05, 0) is 20.3 Å². The summed E-state index contributed by atoms with van der Waals surface area (Å²) in [5, 5.41) is 2.51. The van der Waals surface area contributed by atoms with E-state index in [2.05, 4.69) is 5.32 Å². The van der Waals surface area contributed by atoms with Gasteiger partial charge in [0.1, 0.15) is 6.04 Å². The minimum atomic E-state index is -0.639. The highest BCUT2D eigenvalue weighted by molar-refractivity contribution is 5.87. The van der Waals surface area contributed by atoms with Crippen LogP contribution in [0.1, 0.15) is 33.6 Å². The molecule has 1 amide bonds. The molecule has 0 aromatic heterocycles. The van der Waals surface area contributed by atoms with E-state index in [0.717, 1.165) is 6.42 Å². The van der Waals surface area contributed by atoms with Crippen LogP contribution in [-0.2, 0) is 14.3 Å². The standard InChI is InChI=1S/C10H20N2O3/c1-4-6-8(11)9(13)12-7(3)10(14)15-5-2/h7-8H,4-6,11H2,1-3H3,(H,12,13)/t7?,8-/m1/s1. The summed E-state index contributed by atoms with van der Waals surface area (Å²) in [6, 6.07) is -1.19. The maximum Gasteiger partial charge on any atom is 0.328 e.